The Hall–Kier alpha value is -2.40. The lowest BCUT2D eigenvalue weighted by molar-refractivity contribution is -0.102. The number of amides is 1. The van der Waals surface area contributed by atoms with Crippen LogP contribution in [0.2, 0.25) is 0 Å². The third-order valence-electron chi connectivity index (χ3n) is 6.78. The van der Waals surface area contributed by atoms with Crippen molar-refractivity contribution in [3.05, 3.63) is 47.6 Å². The van der Waals surface area contributed by atoms with Crippen molar-refractivity contribution in [2.24, 2.45) is 0 Å². The van der Waals surface area contributed by atoms with Crippen LogP contribution in [-0.4, -0.2) is 86.3 Å². The third-order valence-corrected chi connectivity index (χ3v) is 6.78. The highest BCUT2D eigenvalue weighted by Gasteiger charge is 2.49. The van der Waals surface area contributed by atoms with E-state index in [4.69, 9.17) is 0 Å². The van der Waals surface area contributed by atoms with Crippen LogP contribution in [0, 0.1) is 5.95 Å². The van der Waals surface area contributed by atoms with Gasteiger partial charge in [0, 0.05) is 18.3 Å². The van der Waals surface area contributed by atoms with E-state index in [1.165, 1.54) is 23.2 Å². The molecule has 3 unspecified atom stereocenters. The number of hydrogen-bond donors (Lipinski definition) is 5. The van der Waals surface area contributed by atoms with Crippen molar-refractivity contribution in [3.8, 4) is 0 Å². The number of likely N-dealkylation sites (tertiary alicyclic amines) is 1. The first-order chi connectivity index (χ1) is 15.6. The molecule has 1 amide bonds. The fourth-order valence-corrected chi connectivity index (χ4v) is 4.66. The standard InChI is InChI=1S/C23H30F2N4O4/c1-12-3-4-17(16(24)7-12)28-20-15(5-6-26-21(20)25)22(32)29-10-23(33,11-29)13(2)27-14-8-18(30)19(31)9-14/h3-7,13-14,16-19,27-28,30-31,33H,8-11H2,1-2H3/t13-,14?,16?,17?,18-,19+/m0/s1. The van der Waals surface area contributed by atoms with Gasteiger partial charge < -0.3 is 30.9 Å². The van der Waals surface area contributed by atoms with Gasteiger partial charge in [-0.3, -0.25) is 4.79 Å². The number of aliphatic hydroxyl groups excluding tert-OH is 2. The summed E-state index contributed by atoms with van der Waals surface area (Å²) >= 11 is 0. The highest BCUT2D eigenvalue weighted by Crippen LogP contribution is 2.31. The van der Waals surface area contributed by atoms with Gasteiger partial charge in [-0.25, -0.2) is 9.37 Å². The lowest BCUT2D eigenvalue weighted by atomic mass is 9.85. The lowest BCUT2D eigenvalue weighted by Crippen LogP contribution is -2.71. The van der Waals surface area contributed by atoms with Crippen LogP contribution in [0.15, 0.2) is 36.1 Å². The van der Waals surface area contributed by atoms with E-state index in [-0.39, 0.29) is 30.4 Å². The number of halogens is 2. The van der Waals surface area contributed by atoms with Crippen LogP contribution >= 0.6 is 0 Å². The summed E-state index contributed by atoms with van der Waals surface area (Å²) in [6.07, 6.45) is 3.69. The maximum atomic E-state index is 14.5. The zero-order valence-corrected chi connectivity index (χ0v) is 18.6. The number of nitrogens with zero attached hydrogens (tertiary/aromatic N) is 2. The van der Waals surface area contributed by atoms with Gasteiger partial charge in [0.2, 0.25) is 5.95 Å². The molecule has 2 fully saturated rings. The summed E-state index contributed by atoms with van der Waals surface area (Å²) in [6, 6.07) is -0.00695. The van der Waals surface area contributed by atoms with Crippen molar-refractivity contribution in [1.82, 2.24) is 15.2 Å². The molecule has 33 heavy (non-hydrogen) atoms. The Bertz CT molecular complexity index is 956. The van der Waals surface area contributed by atoms with E-state index in [1.54, 1.807) is 26.0 Å². The van der Waals surface area contributed by atoms with E-state index in [1.807, 2.05) is 0 Å². The van der Waals surface area contributed by atoms with Crippen LogP contribution < -0.4 is 10.6 Å². The zero-order valence-electron chi connectivity index (χ0n) is 18.6. The molecule has 1 aromatic rings. The van der Waals surface area contributed by atoms with Crippen molar-refractivity contribution in [1.29, 1.82) is 0 Å². The molecule has 2 heterocycles. The first-order valence-corrected chi connectivity index (χ1v) is 11.1. The first kappa shape index (κ1) is 23.7. The fraction of sp³-hybridized carbons (Fsp3) is 0.565. The summed E-state index contributed by atoms with van der Waals surface area (Å²) in [4.78, 5) is 18.1. The summed E-state index contributed by atoms with van der Waals surface area (Å²) < 4.78 is 28.9. The number of aliphatic hydroxyl groups is 3. The molecule has 1 aliphatic heterocycles. The molecule has 6 atom stereocenters. The van der Waals surface area contributed by atoms with E-state index in [0.29, 0.717) is 12.8 Å². The molecule has 0 radical (unpaired) electrons. The second-order valence-corrected chi connectivity index (χ2v) is 9.36. The van der Waals surface area contributed by atoms with Gasteiger partial charge in [-0.1, -0.05) is 17.7 Å². The van der Waals surface area contributed by atoms with E-state index < -0.39 is 47.9 Å². The summed E-state index contributed by atoms with van der Waals surface area (Å²) in [7, 11) is 0. The minimum Gasteiger partial charge on any atom is -0.390 e. The Morgan fingerprint density at radius 2 is 1.97 bits per heavy atom. The molecule has 180 valence electrons. The van der Waals surface area contributed by atoms with Gasteiger partial charge in [0.05, 0.1) is 36.9 Å². The van der Waals surface area contributed by atoms with Crippen LogP contribution in [0.1, 0.15) is 37.0 Å². The average Bonchev–Trinajstić information content (AvgIpc) is 3.05. The number of β-amino-alcohol motifs (C(OH)–C–C–N with tert-alkyl or cyclic N) is 1. The van der Waals surface area contributed by atoms with Crippen LogP contribution in [-0.2, 0) is 0 Å². The Labute approximate surface area is 191 Å². The minimum absolute atomic E-state index is 0.0130. The molecule has 1 saturated heterocycles. The second kappa shape index (κ2) is 9.09. The number of carbonyl (C=O) groups is 1. The highest BCUT2D eigenvalue weighted by molar-refractivity contribution is 6.00. The van der Waals surface area contributed by atoms with Crippen molar-refractivity contribution < 1.29 is 28.9 Å². The molecule has 0 bridgehead atoms. The number of carbonyl (C=O) groups excluding carboxylic acids is 1. The Kier molecular flexibility index (Phi) is 6.54. The largest absolute Gasteiger partial charge is 0.390 e. The number of pyridine rings is 1. The first-order valence-electron chi connectivity index (χ1n) is 11.1. The predicted octanol–water partition coefficient (Wildman–Crippen LogP) is 0.905. The van der Waals surface area contributed by atoms with Gasteiger partial charge in [-0.15, -0.1) is 0 Å². The number of alkyl halides is 1. The van der Waals surface area contributed by atoms with Crippen LogP contribution in [0.4, 0.5) is 14.5 Å². The van der Waals surface area contributed by atoms with Gasteiger partial charge in [-0.2, -0.15) is 4.39 Å². The van der Waals surface area contributed by atoms with Crippen molar-refractivity contribution in [2.45, 2.75) is 68.8 Å². The summed E-state index contributed by atoms with van der Waals surface area (Å²) in [5.41, 5.74) is -0.610. The van der Waals surface area contributed by atoms with E-state index in [2.05, 4.69) is 15.6 Å². The number of hydrogen-bond acceptors (Lipinski definition) is 7. The van der Waals surface area contributed by atoms with Crippen LogP contribution in [0.25, 0.3) is 0 Å². The highest BCUT2D eigenvalue weighted by atomic mass is 19.1. The quantitative estimate of drug-likeness (QED) is 0.397. The monoisotopic (exact) mass is 464 g/mol. The number of rotatable bonds is 6. The van der Waals surface area contributed by atoms with Crippen molar-refractivity contribution in [3.63, 3.8) is 0 Å². The van der Waals surface area contributed by atoms with Gasteiger partial charge >= 0.3 is 0 Å². The molecule has 10 heteroatoms. The molecule has 0 aromatic carbocycles. The Balaban J connectivity index is 1.41. The van der Waals surface area contributed by atoms with Crippen molar-refractivity contribution >= 4 is 11.6 Å². The van der Waals surface area contributed by atoms with Crippen molar-refractivity contribution in [2.75, 3.05) is 18.4 Å². The second-order valence-electron chi connectivity index (χ2n) is 9.36. The number of anilines is 1. The fourth-order valence-electron chi connectivity index (χ4n) is 4.66. The summed E-state index contributed by atoms with van der Waals surface area (Å²) in [6.45, 7) is 3.59. The molecule has 8 nitrogen and oxygen atoms in total. The van der Waals surface area contributed by atoms with Gasteiger partial charge in [0.25, 0.3) is 5.91 Å². The molecule has 4 rings (SSSR count). The smallest absolute Gasteiger partial charge is 0.256 e. The summed E-state index contributed by atoms with van der Waals surface area (Å²) in [5, 5.41) is 36.3. The molecule has 2 aliphatic carbocycles. The topological polar surface area (TPSA) is 118 Å². The number of allylic oxidation sites excluding steroid dienone is 2. The summed E-state index contributed by atoms with van der Waals surface area (Å²) in [5.74, 6) is -1.40. The third kappa shape index (κ3) is 4.79. The predicted molar refractivity (Wildman–Crippen MR) is 118 cm³/mol. The van der Waals surface area contributed by atoms with Gasteiger partial charge in [0.1, 0.15) is 17.5 Å². The molecule has 0 spiro atoms. The van der Waals surface area contributed by atoms with Gasteiger partial charge in [0.15, 0.2) is 0 Å². The Morgan fingerprint density at radius 1 is 1.30 bits per heavy atom. The zero-order chi connectivity index (χ0) is 23.9. The van der Waals surface area contributed by atoms with Crippen LogP contribution in [0.3, 0.4) is 0 Å². The lowest BCUT2D eigenvalue weighted by Gasteiger charge is -2.50. The number of nitrogens with one attached hydrogen (secondary N) is 2. The SMILES string of the molecule is CC1=CC(F)C(Nc2c(C(=O)N3CC(O)([C@H](C)NC4C[C@@H](O)[C@@H](O)C4)C3)ccnc2F)C=C1. The van der Waals surface area contributed by atoms with E-state index in [0.717, 1.165) is 5.57 Å². The average molecular weight is 465 g/mol. The molecule has 1 aromatic heterocycles. The van der Waals surface area contributed by atoms with E-state index >= 15 is 0 Å². The Morgan fingerprint density at radius 3 is 2.61 bits per heavy atom. The molecular formula is C23H30F2N4O4. The molecule has 3 aliphatic rings. The van der Waals surface area contributed by atoms with E-state index in [9.17, 15) is 28.9 Å². The molecule has 5 N–H and O–H groups in total. The normalized spacial score (nSPS) is 31.7. The van der Waals surface area contributed by atoms with Gasteiger partial charge in [-0.05, 0) is 38.8 Å². The maximum absolute atomic E-state index is 14.5. The van der Waals surface area contributed by atoms with Crippen LogP contribution in [0.5, 0.6) is 0 Å². The maximum Gasteiger partial charge on any atom is 0.256 e. The number of aromatic nitrogens is 1. The molecule has 1 saturated carbocycles. The minimum atomic E-state index is -1.38. The molecular weight excluding hydrogens is 434 g/mol.